The number of aromatic nitrogens is 2. The SMILES string of the molecule is Cc1ccc(NC(=O)C2CCN(Cc3nc(-c4ccccc4C)no3)CC2)cc1C. The fraction of sp³-hybridized carbons (Fsp3) is 0.375. The maximum Gasteiger partial charge on any atom is 0.241 e. The van der Waals surface area contributed by atoms with Crippen LogP contribution in [0.4, 0.5) is 5.69 Å². The number of anilines is 1. The second-order valence-electron chi connectivity index (χ2n) is 8.17. The molecule has 1 aliphatic heterocycles. The molecule has 1 aliphatic rings. The van der Waals surface area contributed by atoms with Gasteiger partial charge in [0.25, 0.3) is 0 Å². The Morgan fingerprint density at radius 2 is 1.83 bits per heavy atom. The van der Waals surface area contributed by atoms with Crippen molar-refractivity contribution in [2.45, 2.75) is 40.2 Å². The number of nitrogens with zero attached hydrogens (tertiary/aromatic N) is 3. The van der Waals surface area contributed by atoms with Gasteiger partial charge in [0.2, 0.25) is 17.6 Å². The van der Waals surface area contributed by atoms with E-state index in [0.717, 1.165) is 42.7 Å². The standard InChI is InChI=1S/C24H28N4O2/c1-16-8-9-20(14-18(16)3)25-24(29)19-10-12-28(13-11-19)15-22-26-23(27-30-22)21-7-5-4-6-17(21)2/h4-9,14,19H,10-13,15H2,1-3H3,(H,25,29). The highest BCUT2D eigenvalue weighted by Gasteiger charge is 2.26. The average molecular weight is 405 g/mol. The van der Waals surface area contributed by atoms with Gasteiger partial charge in [-0.25, -0.2) is 0 Å². The predicted octanol–water partition coefficient (Wildman–Crippen LogP) is 4.51. The fourth-order valence-corrected chi connectivity index (χ4v) is 3.86. The molecule has 156 valence electrons. The lowest BCUT2D eigenvalue weighted by Crippen LogP contribution is -2.37. The largest absolute Gasteiger partial charge is 0.338 e. The van der Waals surface area contributed by atoms with Crippen molar-refractivity contribution < 1.29 is 9.32 Å². The molecule has 0 radical (unpaired) electrons. The van der Waals surface area contributed by atoms with Crippen molar-refractivity contribution >= 4 is 11.6 Å². The van der Waals surface area contributed by atoms with Crippen molar-refractivity contribution in [3.8, 4) is 11.4 Å². The molecule has 4 rings (SSSR count). The van der Waals surface area contributed by atoms with E-state index in [4.69, 9.17) is 4.52 Å². The Kier molecular flexibility index (Phi) is 5.95. The van der Waals surface area contributed by atoms with E-state index in [9.17, 15) is 4.79 Å². The number of rotatable bonds is 5. The zero-order valence-electron chi connectivity index (χ0n) is 17.8. The van der Waals surface area contributed by atoms with Crippen LogP contribution in [0.15, 0.2) is 47.0 Å². The summed E-state index contributed by atoms with van der Waals surface area (Å²) in [6.07, 6.45) is 1.66. The third-order valence-electron chi connectivity index (χ3n) is 5.95. The van der Waals surface area contributed by atoms with Crippen molar-refractivity contribution in [2.24, 2.45) is 5.92 Å². The Hall–Kier alpha value is -2.99. The normalized spacial score (nSPS) is 15.3. The first kappa shape index (κ1) is 20.3. The van der Waals surface area contributed by atoms with E-state index in [1.165, 1.54) is 11.1 Å². The summed E-state index contributed by atoms with van der Waals surface area (Å²) < 4.78 is 5.47. The van der Waals surface area contributed by atoms with Crippen molar-refractivity contribution in [2.75, 3.05) is 18.4 Å². The second-order valence-corrected chi connectivity index (χ2v) is 8.17. The Morgan fingerprint density at radius 1 is 1.07 bits per heavy atom. The number of piperidine rings is 1. The van der Waals surface area contributed by atoms with E-state index < -0.39 is 0 Å². The first-order chi connectivity index (χ1) is 14.5. The summed E-state index contributed by atoms with van der Waals surface area (Å²) in [6.45, 7) is 8.47. The molecular weight excluding hydrogens is 376 g/mol. The Bertz CT molecular complexity index is 1040. The number of hydrogen-bond acceptors (Lipinski definition) is 5. The minimum atomic E-state index is 0.0353. The number of benzene rings is 2. The third-order valence-corrected chi connectivity index (χ3v) is 5.95. The smallest absolute Gasteiger partial charge is 0.241 e. The summed E-state index contributed by atoms with van der Waals surface area (Å²) >= 11 is 0. The molecule has 1 aromatic heterocycles. The van der Waals surface area contributed by atoms with Gasteiger partial charge in [-0.3, -0.25) is 9.69 Å². The van der Waals surface area contributed by atoms with Gasteiger partial charge in [0.05, 0.1) is 6.54 Å². The number of carbonyl (C=O) groups is 1. The van der Waals surface area contributed by atoms with Gasteiger partial charge in [0, 0.05) is 17.2 Å². The molecule has 0 saturated carbocycles. The van der Waals surface area contributed by atoms with Gasteiger partial charge in [-0.15, -0.1) is 0 Å². The van der Waals surface area contributed by atoms with Gasteiger partial charge in [0.15, 0.2) is 0 Å². The lowest BCUT2D eigenvalue weighted by atomic mass is 9.95. The van der Waals surface area contributed by atoms with Crippen LogP contribution in [-0.2, 0) is 11.3 Å². The van der Waals surface area contributed by atoms with Crippen LogP contribution in [0, 0.1) is 26.7 Å². The topological polar surface area (TPSA) is 71.3 Å². The maximum absolute atomic E-state index is 12.7. The number of likely N-dealkylation sites (tertiary alicyclic amines) is 1. The monoisotopic (exact) mass is 404 g/mol. The van der Waals surface area contributed by atoms with Crippen molar-refractivity contribution in [1.82, 2.24) is 15.0 Å². The highest BCUT2D eigenvalue weighted by atomic mass is 16.5. The van der Waals surface area contributed by atoms with Crippen LogP contribution in [0.5, 0.6) is 0 Å². The predicted molar refractivity (Wildman–Crippen MR) is 117 cm³/mol. The first-order valence-corrected chi connectivity index (χ1v) is 10.5. The molecule has 1 saturated heterocycles. The van der Waals surface area contributed by atoms with Crippen LogP contribution >= 0.6 is 0 Å². The Labute approximate surface area is 177 Å². The molecule has 3 aromatic rings. The van der Waals surface area contributed by atoms with Crippen LogP contribution in [-0.4, -0.2) is 34.0 Å². The molecule has 6 nitrogen and oxygen atoms in total. The molecule has 2 heterocycles. The number of aryl methyl sites for hydroxylation is 3. The van der Waals surface area contributed by atoms with Crippen molar-refractivity contribution in [3.63, 3.8) is 0 Å². The molecule has 0 spiro atoms. The molecular formula is C24H28N4O2. The summed E-state index contributed by atoms with van der Waals surface area (Å²) in [5, 5.41) is 7.21. The minimum absolute atomic E-state index is 0.0353. The number of nitrogens with one attached hydrogen (secondary N) is 1. The fourth-order valence-electron chi connectivity index (χ4n) is 3.86. The minimum Gasteiger partial charge on any atom is -0.338 e. The first-order valence-electron chi connectivity index (χ1n) is 10.5. The van der Waals surface area contributed by atoms with E-state index in [1.54, 1.807) is 0 Å². The van der Waals surface area contributed by atoms with E-state index >= 15 is 0 Å². The van der Waals surface area contributed by atoms with Crippen molar-refractivity contribution in [1.29, 1.82) is 0 Å². The third kappa shape index (κ3) is 4.60. The van der Waals surface area contributed by atoms with Gasteiger partial charge >= 0.3 is 0 Å². The lowest BCUT2D eigenvalue weighted by molar-refractivity contribution is -0.121. The Morgan fingerprint density at radius 3 is 2.57 bits per heavy atom. The van der Waals surface area contributed by atoms with Crippen LogP contribution in [0.3, 0.4) is 0 Å². The molecule has 0 atom stereocenters. The van der Waals surface area contributed by atoms with Crippen LogP contribution in [0.2, 0.25) is 0 Å². The summed E-state index contributed by atoms with van der Waals surface area (Å²) in [5.74, 6) is 1.39. The van der Waals surface area contributed by atoms with Gasteiger partial charge in [-0.05, 0) is 75.5 Å². The Balaban J connectivity index is 1.30. The second kappa shape index (κ2) is 8.79. The summed E-state index contributed by atoms with van der Waals surface area (Å²) in [7, 11) is 0. The van der Waals surface area contributed by atoms with E-state index in [2.05, 4.69) is 34.2 Å². The van der Waals surface area contributed by atoms with Crippen LogP contribution < -0.4 is 5.32 Å². The highest BCUT2D eigenvalue weighted by molar-refractivity contribution is 5.92. The zero-order chi connectivity index (χ0) is 21.1. The molecule has 0 aliphatic carbocycles. The van der Waals surface area contributed by atoms with Gasteiger partial charge in [0.1, 0.15) is 0 Å². The van der Waals surface area contributed by atoms with E-state index in [1.807, 2.05) is 49.4 Å². The van der Waals surface area contributed by atoms with E-state index in [-0.39, 0.29) is 11.8 Å². The molecule has 2 aromatic carbocycles. The average Bonchev–Trinajstić information content (AvgIpc) is 3.20. The van der Waals surface area contributed by atoms with Gasteiger partial charge < -0.3 is 9.84 Å². The number of hydrogen-bond donors (Lipinski definition) is 1. The van der Waals surface area contributed by atoms with Gasteiger partial charge in [-0.2, -0.15) is 4.98 Å². The molecule has 1 amide bonds. The highest BCUT2D eigenvalue weighted by Crippen LogP contribution is 2.23. The molecule has 6 heteroatoms. The van der Waals surface area contributed by atoms with Crippen LogP contribution in [0.25, 0.3) is 11.4 Å². The lowest BCUT2D eigenvalue weighted by Gasteiger charge is -2.30. The van der Waals surface area contributed by atoms with Crippen molar-refractivity contribution in [3.05, 3.63) is 65.0 Å². The molecule has 30 heavy (non-hydrogen) atoms. The van der Waals surface area contributed by atoms with Crippen LogP contribution in [0.1, 0.15) is 35.4 Å². The number of carbonyl (C=O) groups excluding carboxylic acids is 1. The zero-order valence-corrected chi connectivity index (χ0v) is 17.8. The number of amides is 1. The van der Waals surface area contributed by atoms with E-state index in [0.29, 0.717) is 18.3 Å². The maximum atomic E-state index is 12.7. The molecule has 1 N–H and O–H groups in total. The summed E-state index contributed by atoms with van der Waals surface area (Å²) in [4.78, 5) is 19.5. The summed E-state index contributed by atoms with van der Waals surface area (Å²) in [5.41, 5.74) is 5.41. The molecule has 1 fully saturated rings. The molecule has 0 unspecified atom stereocenters. The summed E-state index contributed by atoms with van der Waals surface area (Å²) in [6, 6.07) is 14.1. The quantitative estimate of drug-likeness (QED) is 0.677. The van der Waals surface area contributed by atoms with Gasteiger partial charge in [-0.1, -0.05) is 35.5 Å². The molecule has 0 bridgehead atoms.